The number of hydrogen-bond donors (Lipinski definition) is 1. The minimum Gasteiger partial charge on any atom is -0.716 e. The topological polar surface area (TPSA) is 82.2 Å². The van der Waals surface area contributed by atoms with E-state index in [9.17, 15) is 13.0 Å². The number of quaternary nitrogens is 1. The summed E-state index contributed by atoms with van der Waals surface area (Å²) in [5, 5.41) is 0.660. The molecule has 21 heavy (non-hydrogen) atoms. The van der Waals surface area contributed by atoms with E-state index in [0.29, 0.717) is 5.39 Å². The molecule has 7 heteroatoms. The summed E-state index contributed by atoms with van der Waals surface area (Å²) in [6.45, 7) is 4.02. The van der Waals surface area contributed by atoms with Crippen LogP contribution in [0.3, 0.4) is 0 Å². The predicted octanol–water partition coefficient (Wildman–Crippen LogP) is 1.65. The number of H-pyrrole nitrogens is 1. The SMILES string of the molecule is CC[N+](C)(C)CCc1c[nH]c2cccc(OS(=O)(=O)[O-])c12. The summed E-state index contributed by atoms with van der Waals surface area (Å²) in [5.74, 6) is 0.0838. The second kappa shape index (κ2) is 5.67. The number of nitrogens with one attached hydrogen (secondary N) is 1. The average Bonchev–Trinajstić information content (AvgIpc) is 2.79. The fourth-order valence-corrected chi connectivity index (χ4v) is 2.54. The molecule has 0 radical (unpaired) electrons. The third-order valence-corrected chi connectivity index (χ3v) is 4.17. The molecule has 0 bridgehead atoms. The summed E-state index contributed by atoms with van der Waals surface area (Å²) < 4.78 is 38.0. The lowest BCUT2D eigenvalue weighted by Gasteiger charge is -2.28. The van der Waals surface area contributed by atoms with Gasteiger partial charge in [-0.05, 0) is 24.6 Å². The van der Waals surface area contributed by atoms with Crippen molar-refractivity contribution in [3.8, 4) is 5.75 Å². The van der Waals surface area contributed by atoms with Gasteiger partial charge in [-0.25, -0.2) is 8.42 Å². The highest BCUT2D eigenvalue weighted by Crippen LogP contribution is 2.30. The number of likely N-dealkylation sites (N-methyl/N-ethyl adjacent to an activating group) is 1. The number of fused-ring (bicyclic) bond motifs is 1. The van der Waals surface area contributed by atoms with Crippen LogP contribution in [0.15, 0.2) is 24.4 Å². The van der Waals surface area contributed by atoms with Crippen LogP contribution in [0.1, 0.15) is 12.5 Å². The van der Waals surface area contributed by atoms with Crippen molar-refractivity contribution in [3.05, 3.63) is 30.0 Å². The van der Waals surface area contributed by atoms with Gasteiger partial charge in [0.25, 0.3) is 10.4 Å². The van der Waals surface area contributed by atoms with Gasteiger partial charge in [-0.3, -0.25) is 0 Å². The van der Waals surface area contributed by atoms with Crippen LogP contribution in [0.5, 0.6) is 5.75 Å². The van der Waals surface area contributed by atoms with E-state index in [4.69, 9.17) is 0 Å². The van der Waals surface area contributed by atoms with Crippen LogP contribution >= 0.6 is 0 Å². The van der Waals surface area contributed by atoms with E-state index in [0.717, 1.165) is 35.1 Å². The molecule has 0 saturated carbocycles. The molecule has 0 aliphatic heterocycles. The number of rotatable bonds is 6. The first-order chi connectivity index (χ1) is 9.72. The van der Waals surface area contributed by atoms with E-state index < -0.39 is 10.4 Å². The zero-order chi connectivity index (χ0) is 15.7. The standard InChI is InChI=1S/C14H20N2O4S/c1-4-16(2,3)9-8-11-10-15-12-6-5-7-13(14(11)12)20-21(17,18)19/h5-7,10,15H,4,8-9H2,1-3H3. The number of benzene rings is 1. The van der Waals surface area contributed by atoms with Gasteiger partial charge in [-0.2, -0.15) is 0 Å². The van der Waals surface area contributed by atoms with Crippen molar-refractivity contribution in [1.29, 1.82) is 0 Å². The molecule has 0 unspecified atom stereocenters. The Morgan fingerprint density at radius 2 is 2.05 bits per heavy atom. The van der Waals surface area contributed by atoms with Gasteiger partial charge in [-0.1, -0.05) is 6.07 Å². The molecule has 1 N–H and O–H groups in total. The second-order valence-electron chi connectivity index (χ2n) is 5.71. The molecule has 1 aromatic carbocycles. The van der Waals surface area contributed by atoms with Crippen molar-refractivity contribution >= 4 is 21.3 Å². The van der Waals surface area contributed by atoms with E-state index in [1.165, 1.54) is 6.07 Å². The van der Waals surface area contributed by atoms with E-state index in [1.807, 2.05) is 12.3 Å². The predicted molar refractivity (Wildman–Crippen MR) is 79.8 cm³/mol. The maximum absolute atomic E-state index is 10.8. The van der Waals surface area contributed by atoms with Crippen LogP contribution in [0.4, 0.5) is 0 Å². The fourth-order valence-electron chi connectivity index (χ4n) is 2.18. The maximum atomic E-state index is 10.8. The van der Waals surface area contributed by atoms with Crippen molar-refractivity contribution < 1.29 is 21.6 Å². The zero-order valence-corrected chi connectivity index (χ0v) is 13.2. The molecule has 1 heterocycles. The molecule has 0 atom stereocenters. The van der Waals surface area contributed by atoms with Gasteiger partial charge in [0.2, 0.25) is 0 Å². The van der Waals surface area contributed by atoms with Crippen molar-refractivity contribution in [2.75, 3.05) is 27.2 Å². The Bertz CT molecular complexity index is 735. The Hall–Kier alpha value is -1.57. The molecular weight excluding hydrogens is 292 g/mol. The molecule has 0 aliphatic carbocycles. The highest BCUT2D eigenvalue weighted by atomic mass is 32.3. The third-order valence-electron chi connectivity index (χ3n) is 3.78. The van der Waals surface area contributed by atoms with Crippen LogP contribution in [0, 0.1) is 0 Å². The van der Waals surface area contributed by atoms with Gasteiger partial charge in [0.05, 0.1) is 27.2 Å². The van der Waals surface area contributed by atoms with Gasteiger partial charge in [0, 0.05) is 23.5 Å². The first kappa shape index (κ1) is 15.8. The average molecular weight is 312 g/mol. The summed E-state index contributed by atoms with van der Waals surface area (Å²) in [6.07, 6.45) is 2.60. The van der Waals surface area contributed by atoms with Gasteiger partial charge < -0.3 is 18.2 Å². The van der Waals surface area contributed by atoms with Crippen LogP contribution in [0.25, 0.3) is 10.9 Å². The van der Waals surface area contributed by atoms with E-state index in [1.54, 1.807) is 6.07 Å². The summed E-state index contributed by atoms with van der Waals surface area (Å²) >= 11 is 0. The zero-order valence-electron chi connectivity index (χ0n) is 12.4. The molecule has 0 spiro atoms. The van der Waals surface area contributed by atoms with Crippen molar-refractivity contribution in [2.45, 2.75) is 13.3 Å². The van der Waals surface area contributed by atoms with Crippen molar-refractivity contribution in [3.63, 3.8) is 0 Å². The maximum Gasteiger partial charge on any atom is 0.262 e. The Balaban J connectivity index is 2.37. The second-order valence-corrected chi connectivity index (χ2v) is 6.69. The monoisotopic (exact) mass is 312 g/mol. The highest BCUT2D eigenvalue weighted by Gasteiger charge is 2.16. The molecular formula is C14H20N2O4S. The number of aromatic nitrogens is 1. The molecule has 2 aromatic rings. The Labute approximate surface area is 124 Å². The first-order valence-corrected chi connectivity index (χ1v) is 8.11. The van der Waals surface area contributed by atoms with E-state index in [-0.39, 0.29) is 5.75 Å². The molecule has 2 rings (SSSR count). The summed E-state index contributed by atoms with van der Waals surface area (Å²) in [6, 6.07) is 4.97. The first-order valence-electron chi connectivity index (χ1n) is 6.78. The van der Waals surface area contributed by atoms with Gasteiger partial charge in [0.1, 0.15) is 0 Å². The Morgan fingerprint density at radius 1 is 1.33 bits per heavy atom. The number of aromatic amines is 1. The summed E-state index contributed by atoms with van der Waals surface area (Å²) in [7, 11) is -0.513. The minimum atomic E-state index is -4.78. The van der Waals surface area contributed by atoms with Crippen molar-refractivity contribution in [2.24, 2.45) is 0 Å². The van der Waals surface area contributed by atoms with Crippen LogP contribution in [0.2, 0.25) is 0 Å². The van der Waals surface area contributed by atoms with Gasteiger partial charge in [0.15, 0.2) is 5.75 Å². The minimum absolute atomic E-state index is 0.0838. The van der Waals surface area contributed by atoms with Gasteiger partial charge >= 0.3 is 0 Å². The lowest BCUT2D eigenvalue weighted by Crippen LogP contribution is -2.40. The molecule has 1 aromatic heterocycles. The van der Waals surface area contributed by atoms with E-state index in [2.05, 4.69) is 30.2 Å². The smallest absolute Gasteiger partial charge is 0.262 e. The molecule has 0 aliphatic rings. The number of hydrogen-bond acceptors (Lipinski definition) is 4. The molecule has 0 amide bonds. The Kier molecular flexibility index (Phi) is 4.27. The normalized spacial score (nSPS) is 12.8. The lowest BCUT2D eigenvalue weighted by molar-refractivity contribution is -0.888. The molecule has 0 saturated heterocycles. The largest absolute Gasteiger partial charge is 0.716 e. The molecule has 6 nitrogen and oxygen atoms in total. The number of nitrogens with zero attached hydrogens (tertiary/aromatic N) is 1. The highest BCUT2D eigenvalue weighted by molar-refractivity contribution is 7.81. The van der Waals surface area contributed by atoms with Crippen LogP contribution in [-0.2, 0) is 16.8 Å². The molecule has 0 fully saturated rings. The molecule has 116 valence electrons. The quantitative estimate of drug-likeness (QED) is 0.499. The third kappa shape index (κ3) is 3.96. The van der Waals surface area contributed by atoms with Crippen LogP contribution < -0.4 is 4.18 Å². The fraction of sp³-hybridized carbons (Fsp3) is 0.429. The van der Waals surface area contributed by atoms with E-state index >= 15 is 0 Å². The van der Waals surface area contributed by atoms with Gasteiger partial charge in [-0.15, -0.1) is 0 Å². The van der Waals surface area contributed by atoms with Crippen LogP contribution in [-0.4, -0.2) is 49.6 Å². The lowest BCUT2D eigenvalue weighted by atomic mass is 10.1. The Morgan fingerprint density at radius 3 is 2.67 bits per heavy atom. The summed E-state index contributed by atoms with van der Waals surface area (Å²) in [4.78, 5) is 3.08. The summed E-state index contributed by atoms with van der Waals surface area (Å²) in [5.41, 5.74) is 1.71. The van der Waals surface area contributed by atoms with Crippen molar-refractivity contribution in [1.82, 2.24) is 4.98 Å².